The van der Waals surface area contributed by atoms with Gasteiger partial charge in [0, 0.05) is 18.4 Å². The Labute approximate surface area is 87.7 Å². The first-order valence-corrected chi connectivity index (χ1v) is 5.21. The summed E-state index contributed by atoms with van der Waals surface area (Å²) in [7, 11) is 0. The van der Waals surface area contributed by atoms with Gasteiger partial charge in [-0.15, -0.1) is 0 Å². The summed E-state index contributed by atoms with van der Waals surface area (Å²) in [6.45, 7) is 0. The van der Waals surface area contributed by atoms with Crippen LogP contribution in [0.4, 0.5) is 0 Å². The van der Waals surface area contributed by atoms with E-state index in [1.54, 1.807) is 0 Å². The van der Waals surface area contributed by atoms with Crippen LogP contribution in [0.1, 0.15) is 25.7 Å². The van der Waals surface area contributed by atoms with Crippen molar-refractivity contribution in [1.82, 2.24) is 9.97 Å². The molecule has 82 valence electrons. The average molecular weight is 209 g/mol. The van der Waals surface area contributed by atoms with Crippen molar-refractivity contribution in [3.63, 3.8) is 0 Å². The summed E-state index contributed by atoms with van der Waals surface area (Å²) >= 11 is 0. The molecule has 1 aliphatic rings. The first kappa shape index (κ1) is 10.2. The highest BCUT2D eigenvalue weighted by Gasteiger charge is 2.21. The van der Waals surface area contributed by atoms with E-state index in [2.05, 4.69) is 9.97 Å². The number of nitrogens with one attached hydrogen (secondary N) is 1. The van der Waals surface area contributed by atoms with Crippen LogP contribution in [0, 0.1) is 0 Å². The van der Waals surface area contributed by atoms with E-state index in [0.717, 1.165) is 25.7 Å². The van der Waals surface area contributed by atoms with Crippen LogP contribution >= 0.6 is 0 Å². The second-order valence-electron chi connectivity index (χ2n) is 3.89. The van der Waals surface area contributed by atoms with Gasteiger partial charge in [-0.05, 0) is 25.7 Å². The molecule has 0 saturated heterocycles. The van der Waals surface area contributed by atoms with Gasteiger partial charge in [0.1, 0.15) is 6.10 Å². The van der Waals surface area contributed by atoms with E-state index in [9.17, 15) is 4.79 Å². The number of ether oxygens (including phenoxy) is 1. The van der Waals surface area contributed by atoms with Gasteiger partial charge in [0.05, 0.1) is 0 Å². The summed E-state index contributed by atoms with van der Waals surface area (Å²) < 4.78 is 5.52. The van der Waals surface area contributed by atoms with Crippen LogP contribution in [-0.4, -0.2) is 22.1 Å². The minimum Gasteiger partial charge on any atom is -0.470 e. The molecule has 0 aromatic carbocycles. The fourth-order valence-corrected chi connectivity index (χ4v) is 1.87. The van der Waals surface area contributed by atoms with E-state index in [1.165, 1.54) is 12.4 Å². The molecule has 1 fully saturated rings. The van der Waals surface area contributed by atoms with Gasteiger partial charge in [-0.3, -0.25) is 4.79 Å². The standard InChI is InChI=1S/C10H15N3O2/c11-7-2-1-3-8(6-7)15-10-9(14)12-4-5-13-10/h4-5,7-8H,1-3,6,11H2,(H,12,14). The normalized spacial score (nSPS) is 26.2. The summed E-state index contributed by atoms with van der Waals surface area (Å²) in [5.41, 5.74) is 5.55. The molecule has 0 bridgehead atoms. The fraction of sp³-hybridized carbons (Fsp3) is 0.600. The van der Waals surface area contributed by atoms with Crippen molar-refractivity contribution in [2.45, 2.75) is 37.8 Å². The zero-order chi connectivity index (χ0) is 10.7. The quantitative estimate of drug-likeness (QED) is 0.739. The number of H-pyrrole nitrogens is 1. The van der Waals surface area contributed by atoms with Crippen LogP contribution in [0.25, 0.3) is 0 Å². The molecule has 1 aromatic rings. The second kappa shape index (κ2) is 4.44. The molecule has 0 amide bonds. The molecule has 0 aliphatic heterocycles. The van der Waals surface area contributed by atoms with E-state index in [4.69, 9.17) is 10.5 Å². The van der Waals surface area contributed by atoms with Gasteiger partial charge in [0.15, 0.2) is 0 Å². The molecule has 2 atom stereocenters. The number of nitrogens with zero attached hydrogens (tertiary/aromatic N) is 1. The summed E-state index contributed by atoms with van der Waals surface area (Å²) in [4.78, 5) is 17.7. The minimum absolute atomic E-state index is 0.0322. The van der Waals surface area contributed by atoms with Gasteiger partial charge in [0.2, 0.25) is 0 Å². The Morgan fingerprint density at radius 3 is 3.13 bits per heavy atom. The van der Waals surface area contributed by atoms with Gasteiger partial charge in [-0.25, -0.2) is 4.98 Å². The molecule has 5 nitrogen and oxygen atoms in total. The van der Waals surface area contributed by atoms with Crippen molar-refractivity contribution in [3.8, 4) is 5.88 Å². The molecular weight excluding hydrogens is 194 g/mol. The molecule has 3 N–H and O–H groups in total. The summed E-state index contributed by atoms with van der Waals surface area (Å²) in [5.74, 6) is 0.150. The number of hydrogen-bond donors (Lipinski definition) is 2. The Morgan fingerprint density at radius 1 is 1.53 bits per heavy atom. The highest BCUT2D eigenvalue weighted by molar-refractivity contribution is 5.03. The van der Waals surface area contributed by atoms with Crippen LogP contribution in [0.15, 0.2) is 17.2 Å². The molecule has 15 heavy (non-hydrogen) atoms. The molecule has 2 unspecified atom stereocenters. The maximum absolute atomic E-state index is 11.3. The van der Waals surface area contributed by atoms with Crippen molar-refractivity contribution in [2.75, 3.05) is 0 Å². The van der Waals surface area contributed by atoms with Crippen LogP contribution in [0.5, 0.6) is 5.88 Å². The Balaban J connectivity index is 2.02. The predicted molar refractivity (Wildman–Crippen MR) is 55.7 cm³/mol. The minimum atomic E-state index is -0.281. The number of nitrogens with two attached hydrogens (primary N) is 1. The lowest BCUT2D eigenvalue weighted by Crippen LogP contribution is -2.34. The van der Waals surface area contributed by atoms with Crippen molar-refractivity contribution in [1.29, 1.82) is 0 Å². The van der Waals surface area contributed by atoms with Crippen LogP contribution in [-0.2, 0) is 0 Å². The van der Waals surface area contributed by atoms with Gasteiger partial charge >= 0.3 is 5.56 Å². The smallest absolute Gasteiger partial charge is 0.310 e. The molecule has 5 heteroatoms. The number of hydrogen-bond acceptors (Lipinski definition) is 4. The molecule has 0 spiro atoms. The molecule has 1 saturated carbocycles. The molecule has 0 radical (unpaired) electrons. The largest absolute Gasteiger partial charge is 0.470 e. The first-order chi connectivity index (χ1) is 7.25. The third kappa shape index (κ3) is 2.56. The second-order valence-corrected chi connectivity index (χ2v) is 3.89. The van der Waals surface area contributed by atoms with Crippen LogP contribution < -0.4 is 16.0 Å². The number of aromatic amines is 1. The van der Waals surface area contributed by atoms with Crippen molar-refractivity contribution < 1.29 is 4.74 Å². The van der Waals surface area contributed by atoms with E-state index in [-0.39, 0.29) is 23.6 Å². The highest BCUT2D eigenvalue weighted by atomic mass is 16.5. The van der Waals surface area contributed by atoms with Crippen LogP contribution in [0.3, 0.4) is 0 Å². The Morgan fingerprint density at radius 2 is 2.40 bits per heavy atom. The maximum Gasteiger partial charge on any atom is 0.310 e. The lowest BCUT2D eigenvalue weighted by Gasteiger charge is -2.26. The molecule has 1 aromatic heterocycles. The molecule has 2 rings (SSSR count). The summed E-state index contributed by atoms with van der Waals surface area (Å²) in [6, 6.07) is 0.187. The lowest BCUT2D eigenvalue weighted by molar-refractivity contribution is 0.136. The molecular formula is C10H15N3O2. The number of rotatable bonds is 2. The van der Waals surface area contributed by atoms with Gasteiger partial charge in [-0.2, -0.15) is 0 Å². The Hall–Kier alpha value is -1.36. The van der Waals surface area contributed by atoms with E-state index >= 15 is 0 Å². The van der Waals surface area contributed by atoms with Gasteiger partial charge in [-0.1, -0.05) is 0 Å². The topological polar surface area (TPSA) is 81.0 Å². The lowest BCUT2D eigenvalue weighted by atomic mass is 9.94. The summed E-state index contributed by atoms with van der Waals surface area (Å²) in [5, 5.41) is 0. The predicted octanol–water partition coefficient (Wildman–Crippen LogP) is 0.419. The molecule has 1 heterocycles. The van der Waals surface area contributed by atoms with Crippen molar-refractivity contribution in [2.24, 2.45) is 5.73 Å². The SMILES string of the molecule is NC1CCCC(Oc2ncc[nH]c2=O)C1. The first-order valence-electron chi connectivity index (χ1n) is 5.21. The Kier molecular flexibility index (Phi) is 3.01. The third-order valence-corrected chi connectivity index (χ3v) is 2.62. The zero-order valence-corrected chi connectivity index (χ0v) is 8.48. The summed E-state index contributed by atoms with van der Waals surface area (Å²) in [6.07, 6.45) is 6.88. The monoisotopic (exact) mass is 209 g/mol. The third-order valence-electron chi connectivity index (χ3n) is 2.62. The van der Waals surface area contributed by atoms with Crippen LogP contribution in [0.2, 0.25) is 0 Å². The Bertz CT molecular complexity index is 377. The zero-order valence-electron chi connectivity index (χ0n) is 8.48. The van der Waals surface area contributed by atoms with Crippen molar-refractivity contribution in [3.05, 3.63) is 22.7 Å². The van der Waals surface area contributed by atoms with E-state index < -0.39 is 0 Å². The van der Waals surface area contributed by atoms with Crippen molar-refractivity contribution >= 4 is 0 Å². The maximum atomic E-state index is 11.3. The van der Waals surface area contributed by atoms with Gasteiger partial charge < -0.3 is 15.5 Å². The van der Waals surface area contributed by atoms with E-state index in [1.807, 2.05) is 0 Å². The fourth-order valence-electron chi connectivity index (χ4n) is 1.87. The van der Waals surface area contributed by atoms with Gasteiger partial charge in [0.25, 0.3) is 5.88 Å². The highest BCUT2D eigenvalue weighted by Crippen LogP contribution is 2.19. The number of aromatic nitrogens is 2. The average Bonchev–Trinajstić information content (AvgIpc) is 2.22. The molecule has 1 aliphatic carbocycles. The van der Waals surface area contributed by atoms with E-state index in [0.29, 0.717) is 0 Å².